The first kappa shape index (κ1) is 15.1. The minimum absolute atomic E-state index is 0.111. The molecule has 0 amide bonds. The van der Waals surface area contributed by atoms with E-state index >= 15 is 0 Å². The van der Waals surface area contributed by atoms with Crippen LogP contribution < -0.4 is 5.73 Å². The van der Waals surface area contributed by atoms with Gasteiger partial charge in [0.05, 0.1) is 13.2 Å². The van der Waals surface area contributed by atoms with Gasteiger partial charge in [-0.2, -0.15) is 0 Å². The van der Waals surface area contributed by atoms with Crippen LogP contribution in [0, 0.1) is 11.3 Å². The zero-order chi connectivity index (χ0) is 14.8. The van der Waals surface area contributed by atoms with Crippen molar-refractivity contribution in [2.45, 2.75) is 52.0 Å². The number of hydrogen-bond acceptors (Lipinski definition) is 4. The Morgan fingerprint density at radius 2 is 2.05 bits per heavy atom. The molecule has 0 saturated heterocycles. The molecule has 1 atom stereocenters. The van der Waals surface area contributed by atoms with Crippen LogP contribution in [0.15, 0.2) is 16.5 Å². The van der Waals surface area contributed by atoms with E-state index in [-0.39, 0.29) is 17.2 Å². The van der Waals surface area contributed by atoms with Crippen LogP contribution in [0.1, 0.15) is 68.3 Å². The average molecular weight is 279 g/mol. The molecule has 112 valence electrons. The average Bonchev–Trinajstić information content (AvgIpc) is 3.05. The summed E-state index contributed by atoms with van der Waals surface area (Å²) in [7, 11) is 1.35. The van der Waals surface area contributed by atoms with Crippen molar-refractivity contribution in [1.82, 2.24) is 0 Å². The van der Waals surface area contributed by atoms with E-state index < -0.39 is 5.97 Å². The Morgan fingerprint density at radius 3 is 2.60 bits per heavy atom. The maximum atomic E-state index is 11.5. The fraction of sp³-hybridized carbons (Fsp3) is 0.688. The van der Waals surface area contributed by atoms with Crippen molar-refractivity contribution < 1.29 is 13.9 Å². The van der Waals surface area contributed by atoms with E-state index in [0.29, 0.717) is 11.7 Å². The number of carbonyl (C=O) groups excluding carboxylic acids is 1. The predicted octanol–water partition coefficient (Wildman–Crippen LogP) is 3.67. The van der Waals surface area contributed by atoms with Crippen LogP contribution in [0.5, 0.6) is 0 Å². The van der Waals surface area contributed by atoms with Crippen LogP contribution in [0.2, 0.25) is 0 Å². The van der Waals surface area contributed by atoms with E-state index in [1.165, 1.54) is 20.0 Å². The van der Waals surface area contributed by atoms with Crippen molar-refractivity contribution in [3.63, 3.8) is 0 Å². The first-order chi connectivity index (χ1) is 9.48. The van der Waals surface area contributed by atoms with E-state index in [9.17, 15) is 4.79 Å². The number of esters is 1. The van der Waals surface area contributed by atoms with Crippen LogP contribution in [-0.2, 0) is 4.74 Å². The molecule has 2 rings (SSSR count). The van der Waals surface area contributed by atoms with Gasteiger partial charge in [-0.15, -0.1) is 0 Å². The van der Waals surface area contributed by atoms with Gasteiger partial charge in [0, 0.05) is 0 Å². The molecule has 4 heteroatoms. The Labute approximate surface area is 120 Å². The van der Waals surface area contributed by atoms with Gasteiger partial charge in [0.2, 0.25) is 5.76 Å². The fourth-order valence-electron chi connectivity index (χ4n) is 3.57. The second kappa shape index (κ2) is 6.00. The van der Waals surface area contributed by atoms with Gasteiger partial charge in [0.15, 0.2) is 0 Å². The van der Waals surface area contributed by atoms with Crippen LogP contribution in [0.25, 0.3) is 0 Å². The van der Waals surface area contributed by atoms with Crippen LogP contribution in [-0.4, -0.2) is 13.1 Å². The zero-order valence-corrected chi connectivity index (χ0v) is 12.6. The molecule has 0 aliphatic heterocycles. The summed E-state index contributed by atoms with van der Waals surface area (Å²) < 4.78 is 10.3. The number of furan rings is 1. The highest BCUT2D eigenvalue weighted by Crippen LogP contribution is 2.50. The lowest BCUT2D eigenvalue weighted by molar-refractivity contribution is 0.0558. The lowest BCUT2D eigenvalue weighted by Crippen LogP contribution is -2.33. The molecule has 4 nitrogen and oxygen atoms in total. The van der Waals surface area contributed by atoms with Gasteiger partial charge < -0.3 is 14.9 Å². The Bertz CT molecular complexity index is 458. The molecule has 1 aromatic heterocycles. The molecule has 1 saturated carbocycles. The van der Waals surface area contributed by atoms with Crippen molar-refractivity contribution in [3.05, 3.63) is 23.7 Å². The summed E-state index contributed by atoms with van der Waals surface area (Å²) in [4.78, 5) is 11.5. The third-order valence-electron chi connectivity index (χ3n) is 4.39. The molecule has 0 spiro atoms. The maximum absolute atomic E-state index is 11.5. The fourth-order valence-corrected chi connectivity index (χ4v) is 3.57. The van der Waals surface area contributed by atoms with Gasteiger partial charge in [-0.3, -0.25) is 0 Å². The SMILES string of the molecule is COC(=O)c1ccc(C(N)C2(CC(C)C)CCCC2)o1. The molecule has 1 heterocycles. The van der Waals surface area contributed by atoms with Crippen LogP contribution >= 0.6 is 0 Å². The summed E-state index contributed by atoms with van der Waals surface area (Å²) in [6.45, 7) is 4.46. The Balaban J connectivity index is 2.21. The van der Waals surface area contributed by atoms with E-state index in [4.69, 9.17) is 10.2 Å². The number of ether oxygens (including phenoxy) is 1. The Morgan fingerprint density at radius 1 is 1.40 bits per heavy atom. The summed E-state index contributed by atoms with van der Waals surface area (Å²) in [6, 6.07) is 3.32. The van der Waals surface area contributed by atoms with Crippen LogP contribution in [0.4, 0.5) is 0 Å². The highest BCUT2D eigenvalue weighted by atomic mass is 16.5. The highest BCUT2D eigenvalue weighted by Gasteiger charge is 2.42. The normalized spacial score (nSPS) is 19.2. The second-order valence-electron chi connectivity index (χ2n) is 6.34. The van der Waals surface area contributed by atoms with E-state index in [0.717, 1.165) is 19.3 Å². The van der Waals surface area contributed by atoms with Crippen molar-refractivity contribution in [3.8, 4) is 0 Å². The number of hydrogen-bond donors (Lipinski definition) is 1. The molecule has 0 bridgehead atoms. The number of rotatable bonds is 5. The van der Waals surface area contributed by atoms with Gasteiger partial charge in [0.25, 0.3) is 0 Å². The lowest BCUT2D eigenvalue weighted by atomic mass is 9.72. The Hall–Kier alpha value is -1.29. The topological polar surface area (TPSA) is 65.5 Å². The first-order valence-corrected chi connectivity index (χ1v) is 7.42. The standard InChI is InChI=1S/C16H25NO3/c1-11(2)10-16(8-4-5-9-16)14(17)12-6-7-13(20-12)15(18)19-3/h6-7,11,14H,4-5,8-10,17H2,1-3H3. The number of nitrogens with two attached hydrogens (primary N) is 1. The molecular weight excluding hydrogens is 254 g/mol. The van der Waals surface area contributed by atoms with Crippen molar-refractivity contribution >= 4 is 5.97 Å². The second-order valence-corrected chi connectivity index (χ2v) is 6.34. The zero-order valence-electron chi connectivity index (χ0n) is 12.6. The van der Waals surface area contributed by atoms with Crippen molar-refractivity contribution in [1.29, 1.82) is 0 Å². The molecule has 1 fully saturated rings. The van der Waals surface area contributed by atoms with Gasteiger partial charge in [-0.1, -0.05) is 26.7 Å². The van der Waals surface area contributed by atoms with Gasteiger partial charge in [0.1, 0.15) is 5.76 Å². The number of carbonyl (C=O) groups is 1. The molecule has 1 aromatic rings. The van der Waals surface area contributed by atoms with Crippen molar-refractivity contribution in [2.24, 2.45) is 17.1 Å². The maximum Gasteiger partial charge on any atom is 0.373 e. The van der Waals surface area contributed by atoms with Gasteiger partial charge in [-0.05, 0) is 42.7 Å². The largest absolute Gasteiger partial charge is 0.463 e. The molecule has 2 N–H and O–H groups in total. The highest BCUT2D eigenvalue weighted by molar-refractivity contribution is 5.86. The molecular formula is C16H25NO3. The molecule has 20 heavy (non-hydrogen) atoms. The number of methoxy groups -OCH3 is 1. The smallest absolute Gasteiger partial charge is 0.373 e. The molecule has 1 unspecified atom stereocenters. The van der Waals surface area contributed by atoms with Gasteiger partial charge >= 0.3 is 5.97 Å². The summed E-state index contributed by atoms with van der Waals surface area (Å²) in [6.07, 6.45) is 5.83. The molecule has 1 aliphatic carbocycles. The molecule has 0 aromatic carbocycles. The first-order valence-electron chi connectivity index (χ1n) is 7.42. The quantitative estimate of drug-likeness (QED) is 0.835. The van der Waals surface area contributed by atoms with Crippen molar-refractivity contribution in [2.75, 3.05) is 7.11 Å². The lowest BCUT2D eigenvalue weighted by Gasteiger charge is -2.35. The van der Waals surface area contributed by atoms with Gasteiger partial charge in [-0.25, -0.2) is 4.79 Å². The minimum atomic E-state index is -0.451. The predicted molar refractivity (Wildman–Crippen MR) is 77.3 cm³/mol. The summed E-state index contributed by atoms with van der Waals surface area (Å²) in [5.41, 5.74) is 6.60. The summed E-state index contributed by atoms with van der Waals surface area (Å²) >= 11 is 0. The van der Waals surface area contributed by atoms with Crippen LogP contribution in [0.3, 0.4) is 0 Å². The summed E-state index contributed by atoms with van der Waals surface area (Å²) in [5, 5.41) is 0. The molecule has 0 radical (unpaired) electrons. The summed E-state index contributed by atoms with van der Waals surface area (Å²) in [5.74, 6) is 1.09. The van der Waals surface area contributed by atoms with E-state index in [1.54, 1.807) is 6.07 Å². The molecule has 1 aliphatic rings. The third kappa shape index (κ3) is 2.90. The van der Waals surface area contributed by atoms with E-state index in [1.807, 2.05) is 6.07 Å². The Kier molecular flexibility index (Phi) is 4.53. The van der Waals surface area contributed by atoms with E-state index in [2.05, 4.69) is 18.6 Å². The third-order valence-corrected chi connectivity index (χ3v) is 4.39. The minimum Gasteiger partial charge on any atom is -0.463 e. The monoisotopic (exact) mass is 279 g/mol.